The average Bonchev–Trinajstić information content (AvgIpc) is 2.96. The summed E-state index contributed by atoms with van der Waals surface area (Å²) in [5, 5.41) is 11.1. The van der Waals surface area contributed by atoms with Crippen molar-refractivity contribution in [3.05, 3.63) is 64.4 Å². The van der Waals surface area contributed by atoms with Crippen LogP contribution >= 0.6 is 11.6 Å². The normalized spacial score (nSPS) is 17.4. The molecule has 8 heteroatoms. The molecule has 0 fully saturated rings. The first-order chi connectivity index (χ1) is 15.5. The average molecular weight is 451 g/mol. The van der Waals surface area contributed by atoms with Gasteiger partial charge in [-0.2, -0.15) is 5.10 Å². The number of ether oxygens (including phenoxy) is 1. The fourth-order valence-corrected chi connectivity index (χ4v) is 4.36. The summed E-state index contributed by atoms with van der Waals surface area (Å²) >= 11 is 6.05. The van der Waals surface area contributed by atoms with E-state index >= 15 is 0 Å². The van der Waals surface area contributed by atoms with Crippen LogP contribution in [0.5, 0.6) is 5.75 Å². The highest BCUT2D eigenvalue weighted by atomic mass is 35.5. The van der Waals surface area contributed by atoms with Gasteiger partial charge in [0, 0.05) is 22.0 Å². The third-order valence-electron chi connectivity index (χ3n) is 5.88. The van der Waals surface area contributed by atoms with Gasteiger partial charge in [0.15, 0.2) is 11.8 Å². The van der Waals surface area contributed by atoms with Crippen molar-refractivity contribution in [1.29, 1.82) is 0 Å². The lowest BCUT2D eigenvalue weighted by molar-refractivity contribution is -0.122. The number of benzene rings is 2. The topological polar surface area (TPSA) is 85.2 Å². The third-order valence-corrected chi connectivity index (χ3v) is 6.14. The van der Waals surface area contributed by atoms with Crippen LogP contribution in [0.15, 0.2) is 42.5 Å². The Kier molecular flexibility index (Phi) is 5.35. The molecule has 1 aliphatic carbocycles. The number of hydrogen-bond donors (Lipinski definition) is 2. The van der Waals surface area contributed by atoms with Gasteiger partial charge in [-0.25, -0.2) is 4.68 Å². The lowest BCUT2D eigenvalue weighted by Gasteiger charge is -2.23. The summed E-state index contributed by atoms with van der Waals surface area (Å²) in [6, 6.07) is 12.7. The summed E-state index contributed by atoms with van der Waals surface area (Å²) in [7, 11) is 0. The number of carbonyl (C=O) groups is 2. The Balaban J connectivity index is 1.47. The van der Waals surface area contributed by atoms with Gasteiger partial charge in [-0.05, 0) is 75.1 Å². The first-order valence-corrected chi connectivity index (χ1v) is 11.2. The minimum absolute atomic E-state index is 0.215. The number of rotatable bonds is 3. The first-order valence-electron chi connectivity index (χ1n) is 10.8. The lowest BCUT2D eigenvalue weighted by Crippen LogP contribution is -2.34. The first kappa shape index (κ1) is 20.6. The van der Waals surface area contributed by atoms with Gasteiger partial charge < -0.3 is 15.4 Å². The predicted octanol–water partition coefficient (Wildman–Crippen LogP) is 4.77. The molecule has 32 heavy (non-hydrogen) atoms. The van der Waals surface area contributed by atoms with Gasteiger partial charge >= 0.3 is 0 Å². The molecule has 2 amide bonds. The SMILES string of the molecule is C[C@@H]1Oc2ccc(NC(=O)c3nn(-c4ccc(Cl)cc4)c4c3CCCCC4)cc2NC1=O. The van der Waals surface area contributed by atoms with Crippen LogP contribution in [0.25, 0.3) is 5.69 Å². The fourth-order valence-electron chi connectivity index (χ4n) is 4.23. The number of hydrogen-bond acceptors (Lipinski definition) is 4. The molecule has 0 saturated carbocycles. The Bertz CT molecular complexity index is 1200. The van der Waals surface area contributed by atoms with E-state index in [4.69, 9.17) is 21.4 Å². The molecule has 2 aromatic carbocycles. The van der Waals surface area contributed by atoms with Gasteiger partial charge in [0.25, 0.3) is 11.8 Å². The Hall–Kier alpha value is -3.32. The molecular weight excluding hydrogens is 428 g/mol. The van der Waals surface area contributed by atoms with E-state index in [9.17, 15) is 9.59 Å². The quantitative estimate of drug-likeness (QED) is 0.563. The number of anilines is 2. The van der Waals surface area contributed by atoms with Gasteiger partial charge in [-0.1, -0.05) is 18.0 Å². The lowest BCUT2D eigenvalue weighted by atomic mass is 10.1. The van der Waals surface area contributed by atoms with E-state index < -0.39 is 6.10 Å². The number of fused-ring (bicyclic) bond motifs is 2. The molecule has 2 heterocycles. The van der Waals surface area contributed by atoms with Crippen LogP contribution in [-0.4, -0.2) is 27.7 Å². The molecule has 2 N–H and O–H groups in total. The minimum atomic E-state index is -0.546. The largest absolute Gasteiger partial charge is 0.479 e. The zero-order valence-electron chi connectivity index (χ0n) is 17.7. The van der Waals surface area contributed by atoms with E-state index in [1.807, 2.05) is 28.9 Å². The standard InChI is InChI=1S/C24H23ClN4O3/c1-14-23(30)27-19-13-16(9-12-21(19)32-14)26-24(31)22-18-5-3-2-4-6-20(18)29(28-22)17-10-7-15(25)8-11-17/h7-14H,2-6H2,1H3,(H,26,31)(H,27,30)/t14-/m0/s1. The van der Waals surface area contributed by atoms with Crippen molar-refractivity contribution in [3.8, 4) is 11.4 Å². The van der Waals surface area contributed by atoms with Crippen molar-refractivity contribution >= 4 is 34.8 Å². The van der Waals surface area contributed by atoms with Crippen LogP contribution in [0, 0.1) is 0 Å². The zero-order valence-corrected chi connectivity index (χ0v) is 18.4. The number of nitrogens with zero attached hydrogens (tertiary/aromatic N) is 2. The summed E-state index contributed by atoms with van der Waals surface area (Å²) < 4.78 is 7.46. The maximum atomic E-state index is 13.3. The van der Waals surface area contributed by atoms with Crippen molar-refractivity contribution in [2.75, 3.05) is 10.6 Å². The van der Waals surface area contributed by atoms with Crippen molar-refractivity contribution in [1.82, 2.24) is 9.78 Å². The van der Waals surface area contributed by atoms with Crippen molar-refractivity contribution in [3.63, 3.8) is 0 Å². The van der Waals surface area contributed by atoms with Gasteiger partial charge in [-0.15, -0.1) is 0 Å². The Morgan fingerprint density at radius 3 is 2.75 bits per heavy atom. The monoisotopic (exact) mass is 450 g/mol. The van der Waals surface area contributed by atoms with E-state index in [0.717, 1.165) is 49.0 Å². The van der Waals surface area contributed by atoms with Crippen LogP contribution in [-0.2, 0) is 17.6 Å². The molecule has 3 aromatic rings. The van der Waals surface area contributed by atoms with Crippen LogP contribution in [0.1, 0.15) is 47.9 Å². The maximum Gasteiger partial charge on any atom is 0.276 e. The van der Waals surface area contributed by atoms with Gasteiger partial charge in [0.05, 0.1) is 11.4 Å². The van der Waals surface area contributed by atoms with Gasteiger partial charge in [0.1, 0.15) is 5.75 Å². The van der Waals surface area contributed by atoms with Crippen LogP contribution in [0.2, 0.25) is 5.02 Å². The van der Waals surface area contributed by atoms with Crippen molar-refractivity contribution in [2.45, 2.75) is 45.1 Å². The molecule has 164 valence electrons. The van der Waals surface area contributed by atoms with Gasteiger partial charge in [-0.3, -0.25) is 9.59 Å². The minimum Gasteiger partial charge on any atom is -0.479 e. The maximum absolute atomic E-state index is 13.3. The summed E-state index contributed by atoms with van der Waals surface area (Å²) in [6.45, 7) is 1.69. The van der Waals surface area contributed by atoms with Crippen molar-refractivity contribution in [2.24, 2.45) is 0 Å². The van der Waals surface area contributed by atoms with Crippen molar-refractivity contribution < 1.29 is 14.3 Å². The number of aromatic nitrogens is 2. The zero-order chi connectivity index (χ0) is 22.2. The fraction of sp³-hybridized carbons (Fsp3) is 0.292. The van der Waals surface area contributed by atoms with Crippen LogP contribution in [0.3, 0.4) is 0 Å². The molecule has 1 atom stereocenters. The molecule has 0 radical (unpaired) electrons. The predicted molar refractivity (Wildman–Crippen MR) is 123 cm³/mol. The molecule has 0 unspecified atom stereocenters. The van der Waals surface area contributed by atoms with Crippen LogP contribution in [0.4, 0.5) is 11.4 Å². The molecule has 0 saturated heterocycles. The van der Waals surface area contributed by atoms with Crippen LogP contribution < -0.4 is 15.4 Å². The van der Waals surface area contributed by atoms with E-state index in [1.165, 1.54) is 0 Å². The molecule has 2 aliphatic rings. The van der Waals surface area contributed by atoms with Gasteiger partial charge in [0.2, 0.25) is 0 Å². The second-order valence-corrected chi connectivity index (χ2v) is 8.57. The Morgan fingerprint density at radius 1 is 1.16 bits per heavy atom. The highest BCUT2D eigenvalue weighted by Crippen LogP contribution is 2.33. The number of nitrogens with one attached hydrogen (secondary N) is 2. The Morgan fingerprint density at radius 2 is 1.94 bits per heavy atom. The Labute approximate surface area is 190 Å². The van der Waals surface area contributed by atoms with E-state index in [-0.39, 0.29) is 11.8 Å². The molecule has 0 spiro atoms. The molecular formula is C24H23ClN4O3. The summed E-state index contributed by atoms with van der Waals surface area (Å²) in [4.78, 5) is 25.2. The summed E-state index contributed by atoms with van der Waals surface area (Å²) in [6.07, 6.45) is 4.36. The molecule has 1 aromatic heterocycles. The molecule has 5 rings (SSSR count). The molecule has 0 bridgehead atoms. The third kappa shape index (κ3) is 3.84. The highest BCUT2D eigenvalue weighted by Gasteiger charge is 2.26. The summed E-state index contributed by atoms with van der Waals surface area (Å²) in [5.74, 6) is 0.0937. The molecule has 1 aliphatic heterocycles. The second-order valence-electron chi connectivity index (χ2n) is 8.14. The smallest absolute Gasteiger partial charge is 0.276 e. The van der Waals surface area contributed by atoms with E-state index in [1.54, 1.807) is 25.1 Å². The van der Waals surface area contributed by atoms with E-state index in [2.05, 4.69) is 10.6 Å². The number of halogens is 1. The second kappa shape index (κ2) is 8.31. The molecule has 7 nitrogen and oxygen atoms in total. The number of carbonyl (C=O) groups excluding carboxylic acids is 2. The highest BCUT2D eigenvalue weighted by molar-refractivity contribution is 6.30. The number of amides is 2. The summed E-state index contributed by atoms with van der Waals surface area (Å²) in [5.41, 5.74) is 4.50. The van der Waals surface area contributed by atoms with E-state index in [0.29, 0.717) is 27.8 Å².